The normalized spacial score (nSPS) is 34.5. The zero-order valence-electron chi connectivity index (χ0n) is 11.9. The highest BCUT2D eigenvalue weighted by atomic mass is 16.5. The van der Waals surface area contributed by atoms with E-state index >= 15 is 0 Å². The molecule has 2 saturated heterocycles. The summed E-state index contributed by atoms with van der Waals surface area (Å²) in [5.41, 5.74) is 7.79. The number of hydrogen-bond donors (Lipinski definition) is 1. The number of nitrogens with zero attached hydrogens (tertiary/aromatic N) is 1. The van der Waals surface area contributed by atoms with Crippen LogP contribution in [0.4, 0.5) is 0 Å². The Morgan fingerprint density at radius 3 is 2.68 bits per heavy atom. The molecular formula is C16H24N2O. The van der Waals surface area contributed by atoms with Crippen LogP contribution >= 0.6 is 0 Å². The molecule has 4 atom stereocenters. The molecule has 3 nitrogen and oxygen atoms in total. The second-order valence-electron chi connectivity index (χ2n) is 6.08. The van der Waals surface area contributed by atoms with Gasteiger partial charge in [-0.3, -0.25) is 0 Å². The van der Waals surface area contributed by atoms with Gasteiger partial charge < -0.3 is 15.4 Å². The van der Waals surface area contributed by atoms with Crippen LogP contribution in [0.5, 0.6) is 5.75 Å². The van der Waals surface area contributed by atoms with E-state index in [9.17, 15) is 0 Å². The number of piperidine rings is 1. The quantitative estimate of drug-likeness (QED) is 0.904. The minimum absolute atomic E-state index is 0.357. The molecular weight excluding hydrogens is 236 g/mol. The van der Waals surface area contributed by atoms with Gasteiger partial charge in [-0.2, -0.15) is 0 Å². The molecule has 0 aliphatic carbocycles. The molecule has 2 heterocycles. The van der Waals surface area contributed by atoms with Gasteiger partial charge in [0.1, 0.15) is 5.75 Å². The van der Waals surface area contributed by atoms with Crippen molar-refractivity contribution in [3.8, 4) is 5.75 Å². The third kappa shape index (κ3) is 2.37. The molecule has 3 heteroatoms. The first kappa shape index (κ1) is 12.9. The lowest BCUT2D eigenvalue weighted by Crippen LogP contribution is -2.52. The van der Waals surface area contributed by atoms with Crippen molar-refractivity contribution < 1.29 is 4.74 Å². The van der Waals surface area contributed by atoms with Gasteiger partial charge in [-0.25, -0.2) is 0 Å². The van der Waals surface area contributed by atoms with Crippen molar-refractivity contribution in [3.63, 3.8) is 0 Å². The minimum atomic E-state index is 0.357. The summed E-state index contributed by atoms with van der Waals surface area (Å²) in [4.78, 5) is 2.57. The fourth-order valence-electron chi connectivity index (χ4n) is 3.94. The summed E-state index contributed by atoms with van der Waals surface area (Å²) < 4.78 is 5.21. The van der Waals surface area contributed by atoms with E-state index in [1.54, 1.807) is 7.11 Å². The van der Waals surface area contributed by atoms with Crippen molar-refractivity contribution in [2.24, 2.45) is 11.7 Å². The van der Waals surface area contributed by atoms with Crippen LogP contribution in [0.15, 0.2) is 24.3 Å². The van der Waals surface area contributed by atoms with Crippen LogP contribution in [-0.4, -0.2) is 37.2 Å². The van der Waals surface area contributed by atoms with Gasteiger partial charge in [-0.05, 0) is 56.3 Å². The van der Waals surface area contributed by atoms with Crippen molar-refractivity contribution in [1.82, 2.24) is 4.90 Å². The van der Waals surface area contributed by atoms with Gasteiger partial charge in [0.2, 0.25) is 0 Å². The van der Waals surface area contributed by atoms with Crippen molar-refractivity contribution in [1.29, 1.82) is 0 Å². The van der Waals surface area contributed by atoms with E-state index in [4.69, 9.17) is 10.5 Å². The van der Waals surface area contributed by atoms with E-state index in [1.165, 1.54) is 18.4 Å². The Bertz CT molecular complexity index is 431. The maximum atomic E-state index is 6.41. The van der Waals surface area contributed by atoms with E-state index in [1.807, 2.05) is 12.1 Å². The van der Waals surface area contributed by atoms with Crippen LogP contribution in [-0.2, 0) is 6.42 Å². The largest absolute Gasteiger partial charge is 0.497 e. The second-order valence-corrected chi connectivity index (χ2v) is 6.08. The fourth-order valence-corrected chi connectivity index (χ4v) is 3.94. The molecule has 0 aromatic heterocycles. The molecule has 104 valence electrons. The summed E-state index contributed by atoms with van der Waals surface area (Å²) in [7, 11) is 3.98. The fraction of sp³-hybridized carbons (Fsp3) is 0.625. The summed E-state index contributed by atoms with van der Waals surface area (Å²) >= 11 is 0. The molecule has 2 aliphatic rings. The topological polar surface area (TPSA) is 38.5 Å². The molecule has 2 bridgehead atoms. The maximum Gasteiger partial charge on any atom is 0.118 e. The number of methoxy groups -OCH3 is 1. The van der Waals surface area contributed by atoms with Crippen LogP contribution < -0.4 is 10.5 Å². The van der Waals surface area contributed by atoms with Crippen molar-refractivity contribution in [2.45, 2.75) is 43.8 Å². The van der Waals surface area contributed by atoms with E-state index in [0.717, 1.165) is 24.6 Å². The molecule has 2 N–H and O–H groups in total. The predicted octanol–water partition coefficient (Wildman–Crippen LogP) is 2.05. The molecule has 1 aromatic carbocycles. The number of hydrogen-bond acceptors (Lipinski definition) is 3. The lowest BCUT2D eigenvalue weighted by atomic mass is 9.82. The van der Waals surface area contributed by atoms with Crippen molar-refractivity contribution >= 4 is 0 Å². The molecule has 0 spiro atoms. The zero-order chi connectivity index (χ0) is 13.4. The summed E-state index contributed by atoms with van der Waals surface area (Å²) in [5, 5.41) is 0. The standard InChI is InChI=1S/C16H24N2O/c1-18-12-5-8-16(18)14(15(17)10-12)9-11-3-6-13(19-2)7-4-11/h3-4,6-7,12,14-16H,5,8-10,17H2,1-2H3/t12-,14-,15+,16-/m1/s1. The Labute approximate surface area is 115 Å². The molecule has 2 fully saturated rings. The van der Waals surface area contributed by atoms with E-state index in [2.05, 4.69) is 24.1 Å². The third-order valence-electron chi connectivity index (χ3n) is 5.11. The monoisotopic (exact) mass is 260 g/mol. The van der Waals surface area contributed by atoms with E-state index in [0.29, 0.717) is 18.0 Å². The molecule has 0 unspecified atom stereocenters. The van der Waals surface area contributed by atoms with Crippen LogP contribution in [0, 0.1) is 5.92 Å². The zero-order valence-corrected chi connectivity index (χ0v) is 11.9. The Hall–Kier alpha value is -1.06. The highest BCUT2D eigenvalue weighted by Crippen LogP contribution is 2.38. The van der Waals surface area contributed by atoms with Gasteiger partial charge in [-0.1, -0.05) is 12.1 Å². The summed E-state index contributed by atoms with van der Waals surface area (Å²) in [6, 6.07) is 10.2. The summed E-state index contributed by atoms with van der Waals surface area (Å²) in [6.45, 7) is 0. The van der Waals surface area contributed by atoms with Gasteiger partial charge in [0.15, 0.2) is 0 Å². The minimum Gasteiger partial charge on any atom is -0.497 e. The van der Waals surface area contributed by atoms with Crippen LogP contribution in [0.1, 0.15) is 24.8 Å². The predicted molar refractivity (Wildman–Crippen MR) is 77.4 cm³/mol. The lowest BCUT2D eigenvalue weighted by molar-refractivity contribution is 0.102. The van der Waals surface area contributed by atoms with Gasteiger partial charge >= 0.3 is 0 Å². The summed E-state index contributed by atoms with van der Waals surface area (Å²) in [5.74, 6) is 1.52. The molecule has 2 aliphatic heterocycles. The molecule has 0 radical (unpaired) electrons. The molecule has 0 amide bonds. The Morgan fingerprint density at radius 1 is 1.26 bits per heavy atom. The highest BCUT2D eigenvalue weighted by molar-refractivity contribution is 5.28. The number of fused-ring (bicyclic) bond motifs is 2. The average Bonchev–Trinajstić information content (AvgIpc) is 2.68. The molecule has 19 heavy (non-hydrogen) atoms. The average molecular weight is 260 g/mol. The number of nitrogens with two attached hydrogens (primary N) is 1. The molecule has 0 saturated carbocycles. The second kappa shape index (κ2) is 5.14. The third-order valence-corrected chi connectivity index (χ3v) is 5.11. The number of rotatable bonds is 3. The molecule has 3 rings (SSSR count). The van der Waals surface area contributed by atoms with Crippen molar-refractivity contribution in [2.75, 3.05) is 14.2 Å². The first-order chi connectivity index (χ1) is 9.19. The Balaban J connectivity index is 1.73. The number of benzene rings is 1. The van der Waals surface area contributed by atoms with E-state index < -0.39 is 0 Å². The lowest BCUT2D eigenvalue weighted by Gasteiger charge is -2.41. The van der Waals surface area contributed by atoms with Crippen LogP contribution in [0.2, 0.25) is 0 Å². The Morgan fingerprint density at radius 2 is 2.00 bits per heavy atom. The first-order valence-electron chi connectivity index (χ1n) is 7.29. The van der Waals surface area contributed by atoms with Gasteiger partial charge in [0.25, 0.3) is 0 Å². The maximum absolute atomic E-state index is 6.41. The van der Waals surface area contributed by atoms with Crippen LogP contribution in [0.3, 0.4) is 0 Å². The van der Waals surface area contributed by atoms with Gasteiger partial charge in [-0.15, -0.1) is 0 Å². The van der Waals surface area contributed by atoms with Crippen molar-refractivity contribution in [3.05, 3.63) is 29.8 Å². The smallest absolute Gasteiger partial charge is 0.118 e. The first-order valence-corrected chi connectivity index (χ1v) is 7.29. The van der Waals surface area contributed by atoms with Crippen LogP contribution in [0.25, 0.3) is 0 Å². The Kier molecular flexibility index (Phi) is 3.50. The van der Waals surface area contributed by atoms with E-state index in [-0.39, 0.29) is 0 Å². The van der Waals surface area contributed by atoms with Gasteiger partial charge in [0.05, 0.1) is 7.11 Å². The SMILES string of the molecule is COc1ccc(C[C@H]2[C@H]3CC[C@H](C[C@@H]2N)N3C)cc1. The number of ether oxygens (including phenoxy) is 1. The summed E-state index contributed by atoms with van der Waals surface area (Å²) in [6.07, 6.45) is 4.89. The molecule has 1 aromatic rings. The highest BCUT2D eigenvalue weighted by Gasteiger charge is 2.43. The van der Waals surface area contributed by atoms with Gasteiger partial charge in [0, 0.05) is 18.1 Å².